The fourth-order valence-electron chi connectivity index (χ4n) is 2.44. The van der Waals surface area contributed by atoms with Crippen LogP contribution in [0.3, 0.4) is 0 Å². The number of hydrogen-bond acceptors (Lipinski definition) is 6. The molecule has 0 radical (unpaired) electrons. The van der Waals surface area contributed by atoms with Crippen molar-refractivity contribution < 1.29 is 18.7 Å². The van der Waals surface area contributed by atoms with Gasteiger partial charge in [0.15, 0.2) is 0 Å². The minimum absolute atomic E-state index is 0.160. The van der Waals surface area contributed by atoms with Gasteiger partial charge in [0.2, 0.25) is 5.91 Å². The zero-order valence-corrected chi connectivity index (χ0v) is 17.3. The predicted octanol–water partition coefficient (Wildman–Crippen LogP) is 4.93. The van der Waals surface area contributed by atoms with Gasteiger partial charge in [-0.2, -0.15) is 0 Å². The second kappa shape index (κ2) is 10.2. The number of nitrogens with one attached hydrogen (secondary N) is 1. The molecule has 0 spiro atoms. The largest absolute Gasteiger partial charge is 0.462 e. The lowest BCUT2D eigenvalue weighted by Crippen LogP contribution is -2.14. The highest BCUT2D eigenvalue weighted by atomic mass is 32.2. The van der Waals surface area contributed by atoms with Crippen LogP contribution in [0, 0.1) is 5.82 Å². The van der Waals surface area contributed by atoms with Crippen molar-refractivity contribution in [2.24, 2.45) is 0 Å². The maximum absolute atomic E-state index is 12.9. The first-order valence-corrected chi connectivity index (χ1v) is 10.8. The van der Waals surface area contributed by atoms with Crippen molar-refractivity contribution in [1.29, 1.82) is 0 Å². The maximum Gasteiger partial charge on any atom is 0.338 e. The van der Waals surface area contributed by atoms with Gasteiger partial charge in [0, 0.05) is 16.8 Å². The monoisotopic (exact) mass is 430 g/mol. The molecule has 0 bridgehead atoms. The number of aromatic nitrogens is 1. The lowest BCUT2D eigenvalue weighted by atomic mass is 10.2. The minimum atomic E-state index is -0.390. The summed E-state index contributed by atoms with van der Waals surface area (Å²) in [6.07, 6.45) is 0.160. The highest BCUT2D eigenvalue weighted by Gasteiger charge is 2.10. The summed E-state index contributed by atoms with van der Waals surface area (Å²) in [5.74, 6) is -0.142. The summed E-state index contributed by atoms with van der Waals surface area (Å²) in [6, 6.07) is 12.9. The van der Waals surface area contributed by atoms with Crippen LogP contribution in [-0.4, -0.2) is 23.5 Å². The Morgan fingerprint density at radius 2 is 1.86 bits per heavy atom. The molecule has 8 heteroatoms. The van der Waals surface area contributed by atoms with E-state index in [2.05, 4.69) is 10.3 Å². The number of ether oxygens (including phenoxy) is 1. The van der Waals surface area contributed by atoms with Crippen LogP contribution in [0.2, 0.25) is 0 Å². The van der Waals surface area contributed by atoms with Gasteiger partial charge in [-0.05, 0) is 48.9 Å². The van der Waals surface area contributed by atoms with Gasteiger partial charge in [0.25, 0.3) is 0 Å². The number of rotatable bonds is 8. The number of hydrogen-bond donors (Lipinski definition) is 1. The molecule has 5 nitrogen and oxygen atoms in total. The Bertz CT molecular complexity index is 972. The molecule has 1 N–H and O–H groups in total. The summed E-state index contributed by atoms with van der Waals surface area (Å²) in [7, 11) is 0. The maximum atomic E-state index is 12.9. The van der Waals surface area contributed by atoms with Crippen LogP contribution in [0.5, 0.6) is 0 Å². The lowest BCUT2D eigenvalue weighted by Gasteiger charge is -2.06. The van der Waals surface area contributed by atoms with Crippen molar-refractivity contribution in [3.8, 4) is 0 Å². The van der Waals surface area contributed by atoms with Crippen LogP contribution in [0.1, 0.15) is 28.5 Å². The van der Waals surface area contributed by atoms with Crippen molar-refractivity contribution >= 4 is 40.7 Å². The van der Waals surface area contributed by atoms with Crippen LogP contribution in [0.4, 0.5) is 10.1 Å². The van der Waals surface area contributed by atoms with Gasteiger partial charge in [-0.3, -0.25) is 4.79 Å². The first-order valence-electron chi connectivity index (χ1n) is 8.92. The summed E-state index contributed by atoms with van der Waals surface area (Å²) in [4.78, 5) is 28.4. The lowest BCUT2D eigenvalue weighted by molar-refractivity contribution is -0.115. The number of anilines is 1. The summed E-state index contributed by atoms with van der Waals surface area (Å²) in [5.41, 5.74) is 2.74. The zero-order valence-electron chi connectivity index (χ0n) is 15.7. The van der Waals surface area contributed by atoms with Gasteiger partial charge in [0.05, 0.1) is 24.3 Å². The van der Waals surface area contributed by atoms with E-state index in [1.807, 2.05) is 5.38 Å². The highest BCUT2D eigenvalue weighted by molar-refractivity contribution is 8.00. The molecule has 0 aliphatic rings. The average Bonchev–Trinajstić information content (AvgIpc) is 3.15. The second-order valence-electron chi connectivity index (χ2n) is 6.04. The number of carbonyl (C=O) groups is 2. The van der Waals surface area contributed by atoms with Gasteiger partial charge < -0.3 is 10.1 Å². The Labute approximate surface area is 176 Å². The molecule has 1 heterocycles. The molecule has 0 saturated carbocycles. The van der Waals surface area contributed by atoms with E-state index >= 15 is 0 Å². The number of esters is 1. The Morgan fingerprint density at radius 1 is 1.14 bits per heavy atom. The number of thiazole rings is 1. The van der Waals surface area contributed by atoms with Crippen molar-refractivity contribution in [2.45, 2.75) is 23.4 Å². The van der Waals surface area contributed by atoms with E-state index in [4.69, 9.17) is 4.74 Å². The molecule has 0 fully saturated rings. The number of thioether (sulfide) groups is 1. The number of benzene rings is 2. The fourth-order valence-corrected chi connectivity index (χ4v) is 4.24. The molecule has 0 saturated heterocycles. The summed E-state index contributed by atoms with van der Waals surface area (Å²) in [6.45, 7) is 2.06. The van der Waals surface area contributed by atoms with Crippen LogP contribution in [0.25, 0.3) is 0 Å². The molecule has 1 aromatic heterocycles. The molecule has 3 rings (SSSR count). The van der Waals surface area contributed by atoms with Crippen LogP contribution >= 0.6 is 23.1 Å². The molecular formula is C21H19FN2O3S2. The molecule has 0 atom stereocenters. The standard InChI is InChI=1S/C21H19FN2O3S2/c1-2-27-20(26)15-5-9-17(10-6-15)23-19(25)11-18-13-29-21(24-18)28-12-14-3-7-16(22)8-4-14/h3-10,13H,2,11-12H2,1H3,(H,23,25). The molecule has 1 amide bonds. The molecule has 0 aliphatic heterocycles. The van der Waals surface area contributed by atoms with Crippen molar-refractivity contribution in [3.63, 3.8) is 0 Å². The fraction of sp³-hybridized carbons (Fsp3) is 0.190. The van der Waals surface area contributed by atoms with E-state index in [0.717, 1.165) is 9.90 Å². The summed E-state index contributed by atoms with van der Waals surface area (Å²) in [5, 5.41) is 4.65. The van der Waals surface area contributed by atoms with Crippen molar-refractivity contribution in [3.05, 3.63) is 76.5 Å². The van der Waals surface area contributed by atoms with E-state index in [9.17, 15) is 14.0 Å². The third kappa shape index (κ3) is 6.40. The van der Waals surface area contributed by atoms with Gasteiger partial charge in [0.1, 0.15) is 10.2 Å². The van der Waals surface area contributed by atoms with Crippen LogP contribution < -0.4 is 5.32 Å². The minimum Gasteiger partial charge on any atom is -0.462 e. The van der Waals surface area contributed by atoms with E-state index in [1.54, 1.807) is 55.1 Å². The number of nitrogens with zero attached hydrogens (tertiary/aromatic N) is 1. The molecule has 2 aromatic carbocycles. The number of amides is 1. The van der Waals surface area contributed by atoms with E-state index < -0.39 is 5.97 Å². The number of halogens is 1. The molecule has 29 heavy (non-hydrogen) atoms. The smallest absolute Gasteiger partial charge is 0.338 e. The SMILES string of the molecule is CCOC(=O)c1ccc(NC(=O)Cc2csc(SCc3ccc(F)cc3)n2)cc1. The van der Waals surface area contributed by atoms with Gasteiger partial charge in [-0.15, -0.1) is 11.3 Å². The predicted molar refractivity (Wildman–Crippen MR) is 113 cm³/mol. The quantitative estimate of drug-likeness (QED) is 0.405. The normalized spacial score (nSPS) is 10.6. The summed E-state index contributed by atoms with van der Waals surface area (Å²) < 4.78 is 18.7. The Kier molecular flexibility index (Phi) is 7.37. The van der Waals surface area contributed by atoms with Crippen molar-refractivity contribution in [1.82, 2.24) is 4.98 Å². The number of carbonyl (C=O) groups excluding carboxylic acids is 2. The Hall–Kier alpha value is -2.71. The summed E-state index contributed by atoms with van der Waals surface area (Å²) >= 11 is 3.03. The van der Waals surface area contributed by atoms with Gasteiger partial charge >= 0.3 is 5.97 Å². The Morgan fingerprint density at radius 3 is 2.55 bits per heavy atom. The second-order valence-corrected chi connectivity index (χ2v) is 8.12. The molecule has 3 aromatic rings. The van der Waals surface area contributed by atoms with Gasteiger partial charge in [-0.25, -0.2) is 14.2 Å². The molecule has 0 unspecified atom stereocenters. The first kappa shape index (κ1) is 21.0. The van der Waals surface area contributed by atoms with E-state index in [1.165, 1.54) is 23.5 Å². The van der Waals surface area contributed by atoms with Crippen LogP contribution in [-0.2, 0) is 21.7 Å². The first-order chi connectivity index (χ1) is 14.0. The third-order valence-electron chi connectivity index (χ3n) is 3.83. The molecule has 150 valence electrons. The topological polar surface area (TPSA) is 68.3 Å². The zero-order chi connectivity index (χ0) is 20.6. The molecule has 0 aliphatic carbocycles. The van der Waals surface area contributed by atoms with Crippen molar-refractivity contribution in [2.75, 3.05) is 11.9 Å². The third-order valence-corrected chi connectivity index (χ3v) is 5.97. The van der Waals surface area contributed by atoms with Crippen LogP contribution in [0.15, 0.2) is 58.3 Å². The Balaban J connectivity index is 1.49. The highest BCUT2D eigenvalue weighted by Crippen LogP contribution is 2.26. The average molecular weight is 431 g/mol. The van der Waals surface area contributed by atoms with Gasteiger partial charge in [-0.1, -0.05) is 23.9 Å². The van der Waals surface area contributed by atoms with E-state index in [-0.39, 0.29) is 18.1 Å². The molecular weight excluding hydrogens is 411 g/mol. The van der Waals surface area contributed by atoms with E-state index in [0.29, 0.717) is 29.3 Å².